The normalized spacial score (nSPS) is 19.8. The van der Waals surface area contributed by atoms with E-state index in [-0.39, 0.29) is 11.7 Å². The molecule has 3 rings (SSSR count). The van der Waals surface area contributed by atoms with E-state index in [1.165, 1.54) is 30.3 Å². The van der Waals surface area contributed by atoms with E-state index in [1.807, 2.05) is 4.58 Å². The number of carbonyl (C=O) groups is 2. The highest BCUT2D eigenvalue weighted by Crippen LogP contribution is 2.19. The Morgan fingerprint density at radius 2 is 1.93 bits per heavy atom. The molecule has 0 aliphatic carbocycles. The number of amidine groups is 1. The van der Waals surface area contributed by atoms with Crippen LogP contribution in [-0.2, 0) is 4.79 Å². The Morgan fingerprint density at radius 3 is 2.57 bits per heavy atom. The summed E-state index contributed by atoms with van der Waals surface area (Å²) in [6.07, 6.45) is 2.39. The largest absolute Gasteiger partial charge is 0.413 e. The number of hydrazone groups is 1. The Hall–Kier alpha value is -3.10. The summed E-state index contributed by atoms with van der Waals surface area (Å²) in [6.45, 7) is 4.79. The van der Waals surface area contributed by atoms with E-state index in [1.54, 1.807) is 19.2 Å². The summed E-state index contributed by atoms with van der Waals surface area (Å²) in [6, 6.07) is 4.83. The second kappa shape index (κ2) is 7.87. The third-order valence-corrected chi connectivity index (χ3v) is 4.73. The van der Waals surface area contributed by atoms with Gasteiger partial charge in [0.05, 0.1) is 12.8 Å². The number of benzene rings is 1. The number of amides is 3. The summed E-state index contributed by atoms with van der Waals surface area (Å²) < 4.78 is 14.8. The Bertz CT molecular complexity index is 875. The number of rotatable bonds is 5. The topological polar surface area (TPSA) is 80.4 Å². The number of aliphatic imine (C=N–C) groups is 1. The predicted molar refractivity (Wildman–Crippen MR) is 104 cm³/mol. The molecular formula is C19H24FN6O2+. The number of hydrogen-bond acceptors (Lipinski definition) is 5. The first-order chi connectivity index (χ1) is 13.3. The molecule has 0 bridgehead atoms. The average Bonchev–Trinajstić information content (AvgIpc) is 3.03. The van der Waals surface area contributed by atoms with Gasteiger partial charge in [-0.1, -0.05) is 31.0 Å². The van der Waals surface area contributed by atoms with E-state index in [4.69, 9.17) is 0 Å². The standard InChI is InChI=1S/C19H23FN6O2/c1-12(2)9-10-26-15-16(24(3)19(28)25(4)17(15)27)22-18(26)23-21-11-13-5-7-14(20)8-6-13/h5-8,11-12,15H,9-10H2,1-4H3/p+1/b21-11+. The molecule has 1 atom stereocenters. The molecule has 1 unspecified atom stereocenters. The summed E-state index contributed by atoms with van der Waals surface area (Å²) >= 11 is 0. The Labute approximate surface area is 163 Å². The minimum absolute atomic E-state index is 0.315. The fourth-order valence-electron chi connectivity index (χ4n) is 3.03. The summed E-state index contributed by atoms with van der Waals surface area (Å²) in [7, 11) is 3.07. The van der Waals surface area contributed by atoms with Crippen molar-refractivity contribution in [1.82, 2.24) is 15.2 Å². The molecule has 0 saturated carbocycles. The quantitative estimate of drug-likeness (QED) is 0.472. The highest BCUT2D eigenvalue weighted by molar-refractivity contribution is 6.22. The second-order valence-electron chi connectivity index (χ2n) is 7.23. The number of likely N-dealkylation sites (N-methyl/N-ethyl adjacent to an activating group) is 2. The van der Waals surface area contributed by atoms with Crippen molar-refractivity contribution >= 4 is 29.9 Å². The van der Waals surface area contributed by atoms with Gasteiger partial charge in [-0.2, -0.15) is 5.43 Å². The number of urea groups is 1. The average molecular weight is 387 g/mol. The molecule has 0 spiro atoms. The van der Waals surface area contributed by atoms with Gasteiger partial charge < -0.3 is 0 Å². The number of guanidine groups is 1. The molecule has 2 heterocycles. The molecular weight excluding hydrogens is 363 g/mol. The molecule has 28 heavy (non-hydrogen) atoms. The summed E-state index contributed by atoms with van der Waals surface area (Å²) in [5.74, 6) is 0.591. The van der Waals surface area contributed by atoms with Gasteiger partial charge >= 0.3 is 12.0 Å². The van der Waals surface area contributed by atoms with Gasteiger partial charge in [-0.3, -0.25) is 14.6 Å². The first-order valence-corrected chi connectivity index (χ1v) is 9.11. The lowest BCUT2D eigenvalue weighted by Crippen LogP contribution is -2.61. The van der Waals surface area contributed by atoms with Crippen LogP contribution in [0.3, 0.4) is 0 Å². The molecule has 0 radical (unpaired) electrons. The van der Waals surface area contributed by atoms with Crippen molar-refractivity contribution < 1.29 is 18.6 Å². The van der Waals surface area contributed by atoms with Crippen molar-refractivity contribution in [2.24, 2.45) is 16.0 Å². The Kier molecular flexibility index (Phi) is 5.53. The molecule has 8 nitrogen and oxygen atoms in total. The lowest BCUT2D eigenvalue weighted by atomic mass is 10.1. The van der Waals surface area contributed by atoms with Gasteiger partial charge in [0, 0.05) is 14.1 Å². The maximum absolute atomic E-state index is 13.0. The minimum atomic E-state index is -0.657. The summed E-state index contributed by atoms with van der Waals surface area (Å²) in [5, 5.41) is 4.17. The molecule has 0 aromatic heterocycles. The van der Waals surface area contributed by atoms with Crippen LogP contribution in [0.1, 0.15) is 25.8 Å². The van der Waals surface area contributed by atoms with Gasteiger partial charge in [0.1, 0.15) is 5.82 Å². The van der Waals surface area contributed by atoms with Crippen LogP contribution in [0.5, 0.6) is 0 Å². The number of carbonyl (C=O) groups excluding carboxylic acids is 2. The number of imide groups is 1. The molecule has 1 N–H and O–H groups in total. The molecule has 1 saturated heterocycles. The first kappa shape index (κ1) is 19.7. The molecule has 1 aromatic rings. The molecule has 2 aliphatic heterocycles. The number of nitrogens with one attached hydrogen (secondary N) is 1. The number of fused-ring (bicyclic) bond motifs is 1. The highest BCUT2D eigenvalue weighted by Gasteiger charge is 2.51. The van der Waals surface area contributed by atoms with Gasteiger partial charge in [0.25, 0.3) is 5.91 Å². The van der Waals surface area contributed by atoms with Crippen molar-refractivity contribution in [1.29, 1.82) is 0 Å². The van der Waals surface area contributed by atoms with Crippen molar-refractivity contribution in [2.45, 2.75) is 26.3 Å². The van der Waals surface area contributed by atoms with E-state index >= 15 is 0 Å². The highest BCUT2D eigenvalue weighted by atomic mass is 19.1. The fraction of sp³-hybridized carbons (Fsp3) is 0.421. The van der Waals surface area contributed by atoms with Crippen LogP contribution >= 0.6 is 0 Å². The summed E-state index contributed by atoms with van der Waals surface area (Å²) in [5.41, 5.74) is 3.58. The maximum atomic E-state index is 13.0. The van der Waals surface area contributed by atoms with E-state index in [2.05, 4.69) is 29.4 Å². The fourth-order valence-corrected chi connectivity index (χ4v) is 3.03. The molecule has 1 aromatic carbocycles. The lowest BCUT2D eigenvalue weighted by molar-refractivity contribution is -0.538. The number of hydrogen-bond donors (Lipinski definition) is 1. The zero-order chi connectivity index (χ0) is 20.4. The van der Waals surface area contributed by atoms with Gasteiger partial charge in [-0.25, -0.2) is 13.8 Å². The second-order valence-corrected chi connectivity index (χ2v) is 7.23. The van der Waals surface area contributed by atoms with E-state index < -0.39 is 12.1 Å². The third-order valence-electron chi connectivity index (χ3n) is 4.73. The lowest BCUT2D eigenvalue weighted by Gasteiger charge is -2.31. The zero-order valence-electron chi connectivity index (χ0n) is 16.4. The van der Waals surface area contributed by atoms with E-state index in [0.717, 1.165) is 16.9 Å². The molecule has 1 fully saturated rings. The number of nitrogens with zero attached hydrogens (tertiary/aromatic N) is 5. The van der Waals surface area contributed by atoms with Gasteiger partial charge in [0.15, 0.2) is 0 Å². The van der Waals surface area contributed by atoms with Crippen LogP contribution in [0, 0.1) is 11.7 Å². The van der Waals surface area contributed by atoms with Crippen molar-refractivity contribution in [3.63, 3.8) is 0 Å². The number of halogens is 1. The van der Waals surface area contributed by atoms with Crippen LogP contribution in [0.2, 0.25) is 0 Å². The van der Waals surface area contributed by atoms with Crippen LogP contribution in [0.4, 0.5) is 9.18 Å². The molecule has 9 heteroatoms. The Balaban J connectivity index is 1.87. The molecule has 3 amide bonds. The van der Waals surface area contributed by atoms with Gasteiger partial charge in [0.2, 0.25) is 11.9 Å². The molecule has 148 valence electrons. The van der Waals surface area contributed by atoms with Crippen LogP contribution in [-0.4, -0.2) is 71.0 Å². The zero-order valence-corrected chi connectivity index (χ0v) is 16.4. The third kappa shape index (κ3) is 3.78. The smallest absolute Gasteiger partial charge is 0.270 e. The van der Waals surface area contributed by atoms with Gasteiger partial charge in [-0.15, -0.1) is 5.10 Å². The Morgan fingerprint density at radius 1 is 1.25 bits per heavy atom. The van der Waals surface area contributed by atoms with Crippen LogP contribution < -0.4 is 5.43 Å². The predicted octanol–water partition coefficient (Wildman–Crippen LogP) is 1.47. The van der Waals surface area contributed by atoms with Crippen LogP contribution in [0.25, 0.3) is 0 Å². The molecule has 2 aliphatic rings. The van der Waals surface area contributed by atoms with Gasteiger partial charge in [-0.05, 0) is 30.0 Å². The monoisotopic (exact) mass is 387 g/mol. The SMILES string of the molecule is CC(C)CC[N+]1=C(N/N=C/c2ccc(F)cc2)N=C2C1C(=O)N(C)C(=O)N2C. The maximum Gasteiger partial charge on any atom is 0.413 e. The van der Waals surface area contributed by atoms with E-state index in [9.17, 15) is 14.0 Å². The minimum Gasteiger partial charge on any atom is -0.270 e. The van der Waals surface area contributed by atoms with Crippen LogP contribution in [0.15, 0.2) is 34.4 Å². The van der Waals surface area contributed by atoms with Crippen molar-refractivity contribution in [2.75, 3.05) is 20.6 Å². The van der Waals surface area contributed by atoms with E-state index in [0.29, 0.717) is 24.3 Å². The van der Waals surface area contributed by atoms with Crippen molar-refractivity contribution in [3.05, 3.63) is 35.6 Å². The van der Waals surface area contributed by atoms with Crippen molar-refractivity contribution in [3.8, 4) is 0 Å². The first-order valence-electron chi connectivity index (χ1n) is 9.11. The summed E-state index contributed by atoms with van der Waals surface area (Å²) in [4.78, 5) is 31.9.